The van der Waals surface area contributed by atoms with Gasteiger partial charge < -0.3 is 15.8 Å². The highest BCUT2D eigenvalue weighted by atomic mass is 79.9. The Morgan fingerprint density at radius 2 is 2.12 bits per heavy atom. The van der Waals surface area contributed by atoms with Crippen molar-refractivity contribution in [3.05, 3.63) is 26.6 Å². The van der Waals surface area contributed by atoms with Crippen LogP contribution in [0.4, 0.5) is 0 Å². The van der Waals surface area contributed by atoms with Crippen LogP contribution in [0.3, 0.4) is 0 Å². The molecule has 0 aromatic heterocycles. The minimum atomic E-state index is 0.663. The summed E-state index contributed by atoms with van der Waals surface area (Å²) in [7, 11) is 0. The Hall–Kier alpha value is -0.100. The standard InChI is InChI=1S/C12H18Br2N2O/c1-2-17-12-9(8-16-5-3-4-15)6-10(13)7-11(12)14/h6-7,16H,2-5,8,15H2,1H3. The van der Waals surface area contributed by atoms with E-state index in [0.29, 0.717) is 13.2 Å². The van der Waals surface area contributed by atoms with Gasteiger partial charge in [-0.3, -0.25) is 0 Å². The first kappa shape index (κ1) is 15.0. The van der Waals surface area contributed by atoms with Crippen LogP contribution in [0.5, 0.6) is 5.75 Å². The number of ether oxygens (including phenoxy) is 1. The van der Waals surface area contributed by atoms with E-state index < -0.39 is 0 Å². The molecule has 1 aromatic carbocycles. The summed E-state index contributed by atoms with van der Waals surface area (Å²) >= 11 is 7.01. The molecule has 3 nitrogen and oxygen atoms in total. The molecule has 0 bridgehead atoms. The number of nitrogens with one attached hydrogen (secondary N) is 1. The van der Waals surface area contributed by atoms with Gasteiger partial charge in [0, 0.05) is 16.6 Å². The predicted octanol–water partition coefficient (Wildman–Crippen LogP) is 3.05. The molecule has 3 N–H and O–H groups in total. The van der Waals surface area contributed by atoms with Crippen molar-refractivity contribution < 1.29 is 4.74 Å². The van der Waals surface area contributed by atoms with Crippen molar-refractivity contribution in [1.82, 2.24) is 5.32 Å². The van der Waals surface area contributed by atoms with Gasteiger partial charge in [-0.05, 0) is 54.5 Å². The zero-order valence-electron chi connectivity index (χ0n) is 9.93. The average Bonchev–Trinajstić information content (AvgIpc) is 2.29. The lowest BCUT2D eigenvalue weighted by Crippen LogP contribution is -2.18. The fourth-order valence-electron chi connectivity index (χ4n) is 1.50. The maximum atomic E-state index is 5.65. The van der Waals surface area contributed by atoms with Crippen molar-refractivity contribution in [3.8, 4) is 5.75 Å². The van der Waals surface area contributed by atoms with E-state index in [-0.39, 0.29) is 0 Å². The van der Waals surface area contributed by atoms with Crippen LogP contribution in [0.1, 0.15) is 18.9 Å². The lowest BCUT2D eigenvalue weighted by atomic mass is 10.2. The van der Waals surface area contributed by atoms with Gasteiger partial charge in [0.2, 0.25) is 0 Å². The lowest BCUT2D eigenvalue weighted by molar-refractivity contribution is 0.333. The van der Waals surface area contributed by atoms with E-state index in [9.17, 15) is 0 Å². The zero-order valence-corrected chi connectivity index (χ0v) is 13.1. The van der Waals surface area contributed by atoms with Crippen LogP contribution >= 0.6 is 31.9 Å². The summed E-state index contributed by atoms with van der Waals surface area (Å²) in [4.78, 5) is 0. The van der Waals surface area contributed by atoms with Gasteiger partial charge in [-0.25, -0.2) is 0 Å². The molecule has 0 aliphatic carbocycles. The topological polar surface area (TPSA) is 47.3 Å². The van der Waals surface area contributed by atoms with Gasteiger partial charge in [0.05, 0.1) is 11.1 Å². The fourth-order valence-corrected chi connectivity index (χ4v) is 2.93. The monoisotopic (exact) mass is 364 g/mol. The molecular weight excluding hydrogens is 348 g/mol. The third-order valence-corrected chi connectivity index (χ3v) is 3.29. The number of rotatable bonds is 7. The minimum absolute atomic E-state index is 0.663. The maximum absolute atomic E-state index is 5.65. The lowest BCUT2D eigenvalue weighted by Gasteiger charge is -2.13. The number of hydrogen-bond donors (Lipinski definition) is 2. The van der Waals surface area contributed by atoms with Crippen molar-refractivity contribution >= 4 is 31.9 Å². The first-order chi connectivity index (χ1) is 8.19. The summed E-state index contributed by atoms with van der Waals surface area (Å²) in [6.45, 7) is 5.07. The van der Waals surface area contributed by atoms with Crippen molar-refractivity contribution in [2.45, 2.75) is 19.9 Å². The highest BCUT2D eigenvalue weighted by molar-refractivity contribution is 9.11. The Bertz CT molecular complexity index is 359. The second-order valence-corrected chi connectivity index (χ2v) is 5.40. The second kappa shape index (κ2) is 8.08. The molecule has 1 rings (SSSR count). The van der Waals surface area contributed by atoms with Crippen LogP contribution in [0.15, 0.2) is 21.1 Å². The molecule has 0 saturated carbocycles. The number of benzene rings is 1. The summed E-state index contributed by atoms with van der Waals surface area (Å²) in [5.41, 5.74) is 6.60. The van der Waals surface area contributed by atoms with Crippen LogP contribution in [0.25, 0.3) is 0 Å². The molecule has 0 radical (unpaired) electrons. The van der Waals surface area contributed by atoms with E-state index >= 15 is 0 Å². The van der Waals surface area contributed by atoms with Gasteiger partial charge in [-0.1, -0.05) is 15.9 Å². The van der Waals surface area contributed by atoms with Gasteiger partial charge in [0.25, 0.3) is 0 Å². The summed E-state index contributed by atoms with van der Waals surface area (Å²) in [5.74, 6) is 0.913. The molecule has 1 aromatic rings. The zero-order chi connectivity index (χ0) is 12.7. The average molecular weight is 366 g/mol. The normalized spacial score (nSPS) is 10.6. The molecule has 0 fully saturated rings. The minimum Gasteiger partial charge on any atom is -0.492 e. The highest BCUT2D eigenvalue weighted by Gasteiger charge is 2.09. The SMILES string of the molecule is CCOc1c(Br)cc(Br)cc1CNCCCN. The van der Waals surface area contributed by atoms with Gasteiger partial charge in [-0.2, -0.15) is 0 Å². The molecule has 0 aliphatic rings. The van der Waals surface area contributed by atoms with Crippen LogP contribution in [0, 0.1) is 0 Å². The van der Waals surface area contributed by atoms with Crippen LogP contribution in [-0.4, -0.2) is 19.7 Å². The van der Waals surface area contributed by atoms with Crippen LogP contribution in [0.2, 0.25) is 0 Å². The maximum Gasteiger partial charge on any atom is 0.138 e. The first-order valence-corrected chi connectivity index (χ1v) is 7.29. The van der Waals surface area contributed by atoms with Crippen molar-refractivity contribution in [1.29, 1.82) is 0 Å². The number of halogens is 2. The molecule has 17 heavy (non-hydrogen) atoms. The molecule has 0 aliphatic heterocycles. The largest absolute Gasteiger partial charge is 0.492 e. The molecular formula is C12H18Br2N2O. The Kier molecular flexibility index (Phi) is 7.11. The van der Waals surface area contributed by atoms with Crippen LogP contribution < -0.4 is 15.8 Å². The van der Waals surface area contributed by atoms with E-state index in [0.717, 1.165) is 39.8 Å². The Balaban J connectivity index is 2.73. The Labute approximate surface area is 119 Å². The highest BCUT2D eigenvalue weighted by Crippen LogP contribution is 2.32. The quantitative estimate of drug-likeness (QED) is 0.730. The van der Waals surface area contributed by atoms with E-state index in [2.05, 4.69) is 43.2 Å². The van der Waals surface area contributed by atoms with Gasteiger partial charge in [0.1, 0.15) is 5.75 Å². The molecule has 0 amide bonds. The first-order valence-electron chi connectivity index (χ1n) is 5.70. The summed E-state index contributed by atoms with van der Waals surface area (Å²) in [6.07, 6.45) is 0.985. The predicted molar refractivity (Wildman–Crippen MR) is 78.4 cm³/mol. The molecule has 0 atom stereocenters. The van der Waals surface area contributed by atoms with Gasteiger partial charge in [0.15, 0.2) is 0 Å². The number of nitrogens with two attached hydrogens (primary N) is 1. The van der Waals surface area contributed by atoms with Crippen molar-refractivity contribution in [2.24, 2.45) is 5.73 Å². The molecule has 0 heterocycles. The van der Waals surface area contributed by atoms with E-state index in [1.807, 2.05) is 13.0 Å². The smallest absolute Gasteiger partial charge is 0.138 e. The van der Waals surface area contributed by atoms with Gasteiger partial charge >= 0.3 is 0 Å². The molecule has 5 heteroatoms. The van der Waals surface area contributed by atoms with Crippen LogP contribution in [-0.2, 0) is 6.54 Å². The third-order valence-electron chi connectivity index (χ3n) is 2.25. The second-order valence-electron chi connectivity index (χ2n) is 3.63. The molecule has 0 unspecified atom stereocenters. The fraction of sp³-hybridized carbons (Fsp3) is 0.500. The molecule has 0 saturated heterocycles. The van der Waals surface area contributed by atoms with E-state index in [4.69, 9.17) is 10.5 Å². The summed E-state index contributed by atoms with van der Waals surface area (Å²) in [5, 5.41) is 3.35. The Morgan fingerprint density at radius 1 is 1.35 bits per heavy atom. The number of hydrogen-bond acceptors (Lipinski definition) is 3. The molecule has 96 valence electrons. The van der Waals surface area contributed by atoms with Crippen molar-refractivity contribution in [2.75, 3.05) is 19.7 Å². The molecule has 0 spiro atoms. The Morgan fingerprint density at radius 3 is 2.76 bits per heavy atom. The van der Waals surface area contributed by atoms with Gasteiger partial charge in [-0.15, -0.1) is 0 Å². The van der Waals surface area contributed by atoms with E-state index in [1.54, 1.807) is 0 Å². The van der Waals surface area contributed by atoms with Crippen molar-refractivity contribution in [3.63, 3.8) is 0 Å². The van der Waals surface area contributed by atoms with E-state index in [1.165, 1.54) is 0 Å². The third kappa shape index (κ3) is 4.95. The summed E-state index contributed by atoms with van der Waals surface area (Å²) in [6, 6.07) is 4.07. The summed E-state index contributed by atoms with van der Waals surface area (Å²) < 4.78 is 7.67.